The Bertz CT molecular complexity index is 860. The third kappa shape index (κ3) is 5.06. The number of nitrogens with zero attached hydrogens (tertiary/aromatic N) is 4. The number of rotatable bonds is 6. The number of hydrogen-bond donors (Lipinski definition) is 1. The van der Waals surface area contributed by atoms with E-state index in [2.05, 4.69) is 14.1 Å². The number of carbonyl (C=O) groups excluding carboxylic acids is 2. The predicted molar refractivity (Wildman–Crippen MR) is 113 cm³/mol. The van der Waals surface area contributed by atoms with E-state index in [0.29, 0.717) is 36.2 Å². The Morgan fingerprint density at radius 2 is 1.77 bits per heavy atom. The molecule has 30 heavy (non-hydrogen) atoms. The summed E-state index contributed by atoms with van der Waals surface area (Å²) in [6.07, 6.45) is 3.30. The minimum absolute atomic E-state index is 0.0441. The summed E-state index contributed by atoms with van der Waals surface area (Å²) in [6.45, 7) is 4.16. The van der Waals surface area contributed by atoms with Gasteiger partial charge in [0.15, 0.2) is 6.61 Å². The summed E-state index contributed by atoms with van der Waals surface area (Å²) in [5.74, 6) is 0.754. The number of likely N-dealkylation sites (tertiary alicyclic amines) is 1. The van der Waals surface area contributed by atoms with Crippen molar-refractivity contribution in [3.63, 3.8) is 0 Å². The standard InChI is InChI=1S/C20H25N5O4S/c26-17(14-29-19-18(22-30-23-19)24-10-12-28-13-11-24)21-16-6-4-15(5-7-16)20(27)25-8-2-1-3-9-25/h4-7H,1-3,8-14H2,(H,21,26). The normalized spacial score (nSPS) is 16.9. The van der Waals surface area contributed by atoms with Gasteiger partial charge in [0.1, 0.15) is 0 Å². The van der Waals surface area contributed by atoms with Crippen LogP contribution in [0.15, 0.2) is 24.3 Å². The number of benzene rings is 1. The topological polar surface area (TPSA) is 96.9 Å². The van der Waals surface area contributed by atoms with E-state index in [1.807, 2.05) is 9.80 Å². The van der Waals surface area contributed by atoms with Crippen molar-refractivity contribution in [3.05, 3.63) is 29.8 Å². The minimum Gasteiger partial charge on any atom is -0.464 e. The molecule has 2 fully saturated rings. The van der Waals surface area contributed by atoms with Gasteiger partial charge in [0, 0.05) is 37.4 Å². The highest BCUT2D eigenvalue weighted by Gasteiger charge is 2.21. The zero-order valence-electron chi connectivity index (χ0n) is 16.7. The Balaban J connectivity index is 1.28. The minimum atomic E-state index is -0.300. The molecule has 2 aliphatic heterocycles. The van der Waals surface area contributed by atoms with Gasteiger partial charge in [-0.2, -0.15) is 4.37 Å². The average molecular weight is 432 g/mol. The van der Waals surface area contributed by atoms with Crippen molar-refractivity contribution in [1.82, 2.24) is 13.6 Å². The zero-order valence-corrected chi connectivity index (χ0v) is 17.5. The smallest absolute Gasteiger partial charge is 0.271 e. The molecule has 0 atom stereocenters. The van der Waals surface area contributed by atoms with Crippen molar-refractivity contribution >= 4 is 35.0 Å². The molecular formula is C20H25N5O4S. The van der Waals surface area contributed by atoms with Gasteiger partial charge >= 0.3 is 0 Å². The molecule has 160 valence electrons. The van der Waals surface area contributed by atoms with Crippen LogP contribution in [-0.2, 0) is 9.53 Å². The largest absolute Gasteiger partial charge is 0.464 e. The molecule has 9 nitrogen and oxygen atoms in total. The summed E-state index contributed by atoms with van der Waals surface area (Å²) >= 11 is 1.06. The van der Waals surface area contributed by atoms with Crippen molar-refractivity contribution in [2.24, 2.45) is 0 Å². The van der Waals surface area contributed by atoms with Crippen LogP contribution >= 0.6 is 11.7 Å². The summed E-state index contributed by atoms with van der Waals surface area (Å²) in [5.41, 5.74) is 1.25. The van der Waals surface area contributed by atoms with E-state index in [-0.39, 0.29) is 18.4 Å². The number of piperidine rings is 1. The number of carbonyl (C=O) groups is 2. The quantitative estimate of drug-likeness (QED) is 0.747. The molecule has 0 bridgehead atoms. The van der Waals surface area contributed by atoms with Gasteiger partial charge < -0.3 is 24.6 Å². The highest BCUT2D eigenvalue weighted by molar-refractivity contribution is 6.99. The average Bonchev–Trinajstić information content (AvgIpc) is 3.28. The van der Waals surface area contributed by atoms with E-state index in [1.54, 1.807) is 24.3 Å². The molecule has 2 saturated heterocycles. The number of hydrogen-bond acceptors (Lipinski definition) is 8. The Kier molecular flexibility index (Phi) is 6.75. The molecule has 3 heterocycles. The van der Waals surface area contributed by atoms with Crippen molar-refractivity contribution < 1.29 is 19.1 Å². The number of morpholine rings is 1. The molecule has 10 heteroatoms. The molecule has 1 N–H and O–H groups in total. The van der Waals surface area contributed by atoms with E-state index in [0.717, 1.165) is 50.7 Å². The fraction of sp³-hybridized carbons (Fsp3) is 0.500. The lowest BCUT2D eigenvalue weighted by Crippen LogP contribution is -2.36. The lowest BCUT2D eigenvalue weighted by Gasteiger charge is -2.26. The maximum absolute atomic E-state index is 12.5. The molecule has 1 aromatic carbocycles. The summed E-state index contributed by atoms with van der Waals surface area (Å²) in [6, 6.07) is 6.96. The maximum Gasteiger partial charge on any atom is 0.271 e. The van der Waals surface area contributed by atoms with Gasteiger partial charge in [0.25, 0.3) is 17.7 Å². The van der Waals surface area contributed by atoms with E-state index in [4.69, 9.17) is 9.47 Å². The Morgan fingerprint density at radius 1 is 1.03 bits per heavy atom. The molecule has 0 spiro atoms. The van der Waals surface area contributed by atoms with E-state index in [9.17, 15) is 9.59 Å². The van der Waals surface area contributed by atoms with Crippen LogP contribution in [0.3, 0.4) is 0 Å². The highest BCUT2D eigenvalue weighted by atomic mass is 32.1. The van der Waals surface area contributed by atoms with Gasteiger partial charge in [-0.3, -0.25) is 9.59 Å². The van der Waals surface area contributed by atoms with Crippen LogP contribution in [-0.4, -0.2) is 71.5 Å². The molecular weight excluding hydrogens is 406 g/mol. The van der Waals surface area contributed by atoms with Gasteiger partial charge in [-0.15, -0.1) is 4.37 Å². The first-order valence-corrected chi connectivity index (χ1v) is 10.9. The maximum atomic E-state index is 12.5. The first-order valence-electron chi connectivity index (χ1n) is 10.2. The van der Waals surface area contributed by atoms with Gasteiger partial charge in [0.05, 0.1) is 24.9 Å². The summed E-state index contributed by atoms with van der Waals surface area (Å²) in [7, 11) is 0. The third-order valence-corrected chi connectivity index (χ3v) is 5.65. The molecule has 0 aliphatic carbocycles. The number of aromatic nitrogens is 2. The molecule has 4 rings (SSSR count). The van der Waals surface area contributed by atoms with E-state index in [1.165, 1.54) is 6.42 Å². The third-order valence-electron chi connectivity index (χ3n) is 5.15. The molecule has 0 saturated carbocycles. The van der Waals surface area contributed by atoms with Gasteiger partial charge in [-0.05, 0) is 43.5 Å². The first-order chi connectivity index (χ1) is 14.7. The number of nitrogens with one attached hydrogen (secondary N) is 1. The molecule has 0 radical (unpaired) electrons. The second-order valence-corrected chi connectivity index (χ2v) is 7.79. The SMILES string of the molecule is O=C(COc1nsnc1N1CCOCC1)Nc1ccc(C(=O)N2CCCCC2)cc1. The summed E-state index contributed by atoms with van der Waals surface area (Å²) < 4.78 is 19.4. The Hall–Kier alpha value is -2.72. The zero-order chi connectivity index (χ0) is 20.8. The molecule has 2 aromatic rings. The van der Waals surface area contributed by atoms with Crippen molar-refractivity contribution in [1.29, 1.82) is 0 Å². The second-order valence-electron chi connectivity index (χ2n) is 7.26. The summed E-state index contributed by atoms with van der Waals surface area (Å²) in [4.78, 5) is 28.7. The van der Waals surface area contributed by atoms with Crippen LogP contribution < -0.4 is 15.0 Å². The molecule has 2 amide bonds. The van der Waals surface area contributed by atoms with Gasteiger partial charge in [-0.25, -0.2) is 0 Å². The summed E-state index contributed by atoms with van der Waals surface area (Å²) in [5, 5.41) is 2.78. The lowest BCUT2D eigenvalue weighted by atomic mass is 10.1. The highest BCUT2D eigenvalue weighted by Crippen LogP contribution is 2.26. The van der Waals surface area contributed by atoms with Crippen LogP contribution in [0, 0.1) is 0 Å². The monoisotopic (exact) mass is 431 g/mol. The number of amides is 2. The number of ether oxygens (including phenoxy) is 2. The molecule has 2 aliphatic rings. The van der Waals surface area contributed by atoms with Crippen LogP contribution in [0.5, 0.6) is 5.88 Å². The van der Waals surface area contributed by atoms with Gasteiger partial charge in [0.2, 0.25) is 5.82 Å². The Labute approximate surface area is 179 Å². The van der Waals surface area contributed by atoms with Crippen LogP contribution in [0.25, 0.3) is 0 Å². The van der Waals surface area contributed by atoms with Crippen molar-refractivity contribution in [2.45, 2.75) is 19.3 Å². The lowest BCUT2D eigenvalue weighted by molar-refractivity contribution is -0.118. The van der Waals surface area contributed by atoms with Crippen molar-refractivity contribution in [2.75, 3.05) is 56.2 Å². The molecule has 1 aromatic heterocycles. The van der Waals surface area contributed by atoms with Crippen LogP contribution in [0.1, 0.15) is 29.6 Å². The van der Waals surface area contributed by atoms with Crippen LogP contribution in [0.4, 0.5) is 11.5 Å². The van der Waals surface area contributed by atoms with Crippen molar-refractivity contribution in [3.8, 4) is 5.88 Å². The Morgan fingerprint density at radius 3 is 2.50 bits per heavy atom. The van der Waals surface area contributed by atoms with Crippen LogP contribution in [0.2, 0.25) is 0 Å². The fourth-order valence-electron chi connectivity index (χ4n) is 3.54. The van der Waals surface area contributed by atoms with E-state index >= 15 is 0 Å². The van der Waals surface area contributed by atoms with E-state index < -0.39 is 0 Å². The predicted octanol–water partition coefficient (Wildman–Crippen LogP) is 2.02. The fourth-order valence-corrected chi connectivity index (χ4v) is 4.06. The second kappa shape index (κ2) is 9.86. The number of anilines is 2. The van der Waals surface area contributed by atoms with Gasteiger partial charge in [-0.1, -0.05) is 0 Å². The molecule has 0 unspecified atom stereocenters. The first kappa shape index (κ1) is 20.5.